The van der Waals surface area contributed by atoms with E-state index in [0.29, 0.717) is 5.15 Å². The molecule has 70 valence electrons. The summed E-state index contributed by atoms with van der Waals surface area (Å²) in [5.74, 6) is 0. The van der Waals surface area contributed by atoms with Crippen LogP contribution in [0.1, 0.15) is 11.3 Å². The smallest absolute Gasteiger partial charge is 0.151 e. The molecule has 0 aliphatic carbocycles. The van der Waals surface area contributed by atoms with Crippen LogP contribution < -0.4 is 0 Å². The number of aromatic nitrogens is 3. The molecule has 0 atom stereocenters. The molecule has 0 fully saturated rings. The second-order valence-electron chi connectivity index (χ2n) is 2.88. The minimum absolute atomic E-state index is 0.420. The van der Waals surface area contributed by atoms with E-state index < -0.39 is 0 Å². The molecule has 0 aliphatic heterocycles. The summed E-state index contributed by atoms with van der Waals surface area (Å²) in [6, 6.07) is 7.52. The van der Waals surface area contributed by atoms with Crippen molar-refractivity contribution < 1.29 is 0 Å². The highest BCUT2D eigenvalue weighted by Gasteiger charge is 1.97. The van der Waals surface area contributed by atoms with E-state index in [4.69, 9.17) is 11.6 Å². The van der Waals surface area contributed by atoms with E-state index in [2.05, 4.69) is 15.2 Å². The molecule has 0 saturated heterocycles. The van der Waals surface area contributed by atoms with Crippen LogP contribution in [0.2, 0.25) is 5.15 Å². The fourth-order valence-electron chi connectivity index (χ4n) is 1.15. The van der Waals surface area contributed by atoms with Gasteiger partial charge in [0.15, 0.2) is 5.15 Å². The lowest BCUT2D eigenvalue weighted by Crippen LogP contribution is -1.94. The molecule has 0 saturated carbocycles. The van der Waals surface area contributed by atoms with Crippen LogP contribution in [0.15, 0.2) is 36.7 Å². The van der Waals surface area contributed by atoms with Crippen molar-refractivity contribution >= 4 is 11.6 Å². The second-order valence-corrected chi connectivity index (χ2v) is 3.27. The Labute approximate surface area is 86.8 Å². The van der Waals surface area contributed by atoms with E-state index in [-0.39, 0.29) is 0 Å². The molecule has 2 heterocycles. The molecule has 0 amide bonds. The van der Waals surface area contributed by atoms with Crippen LogP contribution in [0.25, 0.3) is 0 Å². The van der Waals surface area contributed by atoms with Gasteiger partial charge in [0.2, 0.25) is 0 Å². The van der Waals surface area contributed by atoms with Crippen LogP contribution in [-0.4, -0.2) is 15.2 Å². The van der Waals surface area contributed by atoms with Crippen molar-refractivity contribution in [3.8, 4) is 0 Å². The molecule has 0 bridgehead atoms. The Balaban J connectivity index is 2.16. The zero-order valence-electron chi connectivity index (χ0n) is 7.39. The average molecular weight is 206 g/mol. The molecular weight excluding hydrogens is 198 g/mol. The third kappa shape index (κ3) is 2.26. The monoisotopic (exact) mass is 205 g/mol. The topological polar surface area (TPSA) is 38.7 Å². The Morgan fingerprint density at radius 1 is 1.00 bits per heavy atom. The number of nitrogens with zero attached hydrogens (tertiary/aromatic N) is 3. The predicted octanol–water partition coefficient (Wildman–Crippen LogP) is 2.12. The second kappa shape index (κ2) is 4.15. The summed E-state index contributed by atoms with van der Waals surface area (Å²) >= 11 is 5.63. The summed E-state index contributed by atoms with van der Waals surface area (Å²) in [5.41, 5.74) is 2.07. The SMILES string of the molecule is Clc1ccc(Cc2ccncc2)nn1. The normalized spacial score (nSPS) is 10.1. The highest BCUT2D eigenvalue weighted by Crippen LogP contribution is 2.07. The molecule has 4 heteroatoms. The van der Waals surface area contributed by atoms with Crippen LogP contribution in [0.4, 0.5) is 0 Å². The van der Waals surface area contributed by atoms with Crippen molar-refractivity contribution in [1.29, 1.82) is 0 Å². The Kier molecular flexibility index (Phi) is 2.70. The third-order valence-corrected chi connectivity index (χ3v) is 2.02. The van der Waals surface area contributed by atoms with Gasteiger partial charge >= 0.3 is 0 Å². The van der Waals surface area contributed by atoms with E-state index in [9.17, 15) is 0 Å². The van der Waals surface area contributed by atoms with Crippen LogP contribution >= 0.6 is 11.6 Å². The lowest BCUT2D eigenvalue weighted by atomic mass is 10.1. The Bertz CT molecular complexity index is 399. The number of hydrogen-bond donors (Lipinski definition) is 0. The largest absolute Gasteiger partial charge is 0.265 e. The van der Waals surface area contributed by atoms with Gasteiger partial charge in [-0.25, -0.2) is 0 Å². The predicted molar refractivity (Wildman–Crippen MR) is 54.1 cm³/mol. The maximum Gasteiger partial charge on any atom is 0.151 e. The molecule has 0 aromatic carbocycles. The molecule has 0 radical (unpaired) electrons. The maximum absolute atomic E-state index is 5.63. The first-order valence-corrected chi connectivity index (χ1v) is 4.59. The molecule has 2 aromatic heterocycles. The molecule has 2 rings (SSSR count). The minimum atomic E-state index is 0.420. The zero-order valence-corrected chi connectivity index (χ0v) is 8.15. The lowest BCUT2D eigenvalue weighted by Gasteiger charge is -1.98. The summed E-state index contributed by atoms with van der Waals surface area (Å²) in [7, 11) is 0. The fraction of sp³-hybridized carbons (Fsp3) is 0.100. The van der Waals surface area contributed by atoms with E-state index in [1.54, 1.807) is 18.5 Å². The summed E-state index contributed by atoms with van der Waals surface area (Å²) in [5, 5.41) is 8.17. The molecule has 3 nitrogen and oxygen atoms in total. The first kappa shape index (κ1) is 9.09. The van der Waals surface area contributed by atoms with Gasteiger partial charge in [-0.05, 0) is 29.8 Å². The van der Waals surface area contributed by atoms with Gasteiger partial charge in [-0.1, -0.05) is 11.6 Å². The van der Waals surface area contributed by atoms with Crippen molar-refractivity contribution in [1.82, 2.24) is 15.2 Å². The van der Waals surface area contributed by atoms with Gasteiger partial charge in [0.05, 0.1) is 5.69 Å². The number of rotatable bonds is 2. The van der Waals surface area contributed by atoms with Gasteiger partial charge in [-0.3, -0.25) is 4.98 Å². The van der Waals surface area contributed by atoms with Crippen molar-refractivity contribution in [3.05, 3.63) is 53.1 Å². The molecule has 0 aliphatic rings. The van der Waals surface area contributed by atoms with E-state index in [1.165, 1.54) is 0 Å². The molecule has 0 N–H and O–H groups in total. The van der Waals surface area contributed by atoms with Gasteiger partial charge in [-0.15, -0.1) is 5.10 Å². The Morgan fingerprint density at radius 2 is 1.79 bits per heavy atom. The summed E-state index contributed by atoms with van der Waals surface area (Å²) in [4.78, 5) is 3.94. The molecule has 14 heavy (non-hydrogen) atoms. The van der Waals surface area contributed by atoms with Gasteiger partial charge in [-0.2, -0.15) is 5.10 Å². The number of hydrogen-bond acceptors (Lipinski definition) is 3. The van der Waals surface area contributed by atoms with E-state index in [0.717, 1.165) is 17.7 Å². The van der Waals surface area contributed by atoms with Crippen molar-refractivity contribution in [3.63, 3.8) is 0 Å². The van der Waals surface area contributed by atoms with Gasteiger partial charge in [0, 0.05) is 18.8 Å². The molecular formula is C10H8ClN3. The highest BCUT2D eigenvalue weighted by atomic mass is 35.5. The maximum atomic E-state index is 5.63. The van der Waals surface area contributed by atoms with Crippen LogP contribution in [0.5, 0.6) is 0 Å². The van der Waals surface area contributed by atoms with Crippen LogP contribution in [-0.2, 0) is 6.42 Å². The molecule has 2 aromatic rings. The van der Waals surface area contributed by atoms with E-state index >= 15 is 0 Å². The standard InChI is InChI=1S/C10H8ClN3/c11-10-2-1-9(13-14-10)7-8-3-5-12-6-4-8/h1-6H,7H2. The van der Waals surface area contributed by atoms with Crippen LogP contribution in [0.3, 0.4) is 0 Å². The van der Waals surface area contributed by atoms with Gasteiger partial charge in [0.25, 0.3) is 0 Å². The number of pyridine rings is 1. The lowest BCUT2D eigenvalue weighted by molar-refractivity contribution is 0.936. The highest BCUT2D eigenvalue weighted by molar-refractivity contribution is 6.29. The average Bonchev–Trinajstić information content (AvgIpc) is 2.23. The summed E-state index contributed by atoms with van der Waals surface area (Å²) < 4.78 is 0. The zero-order chi connectivity index (χ0) is 9.80. The number of halogens is 1. The van der Waals surface area contributed by atoms with Gasteiger partial charge < -0.3 is 0 Å². The van der Waals surface area contributed by atoms with Crippen molar-refractivity contribution in [2.75, 3.05) is 0 Å². The quantitative estimate of drug-likeness (QED) is 0.754. The first-order valence-electron chi connectivity index (χ1n) is 4.21. The third-order valence-electron chi connectivity index (χ3n) is 1.82. The summed E-state index contributed by atoms with van der Waals surface area (Å²) in [6.07, 6.45) is 4.28. The summed E-state index contributed by atoms with van der Waals surface area (Å²) in [6.45, 7) is 0. The Morgan fingerprint density at radius 3 is 2.43 bits per heavy atom. The van der Waals surface area contributed by atoms with Crippen LogP contribution in [0, 0.1) is 0 Å². The Hall–Kier alpha value is -1.48. The van der Waals surface area contributed by atoms with Crippen molar-refractivity contribution in [2.45, 2.75) is 6.42 Å². The fourth-order valence-corrected chi connectivity index (χ4v) is 1.25. The van der Waals surface area contributed by atoms with E-state index in [1.807, 2.05) is 18.2 Å². The molecule has 0 spiro atoms. The first-order chi connectivity index (χ1) is 6.84. The van der Waals surface area contributed by atoms with Gasteiger partial charge in [0.1, 0.15) is 0 Å². The molecule has 0 unspecified atom stereocenters. The minimum Gasteiger partial charge on any atom is -0.265 e. The van der Waals surface area contributed by atoms with Crippen molar-refractivity contribution in [2.24, 2.45) is 0 Å².